The number of carbonyl (C=O) groups is 4. The Hall–Kier alpha value is -1.76. The Labute approximate surface area is 138 Å². The normalized spacial score (nSPS) is 15.4. The SMILES string of the molecule is CCC(C(N)=O)C(C(C)=O)C(C)C(=O)NC[N+](C)(C)CC(C)=O. The van der Waals surface area contributed by atoms with Gasteiger partial charge in [-0.1, -0.05) is 13.8 Å². The van der Waals surface area contributed by atoms with Gasteiger partial charge in [0.1, 0.15) is 12.3 Å². The number of quaternary nitrogens is 1. The minimum Gasteiger partial charge on any atom is -0.369 e. The van der Waals surface area contributed by atoms with Crippen LogP contribution in [0.2, 0.25) is 0 Å². The highest BCUT2D eigenvalue weighted by Gasteiger charge is 2.37. The minimum absolute atomic E-state index is 0.0266. The number of nitrogens with zero attached hydrogens (tertiary/aromatic N) is 1. The van der Waals surface area contributed by atoms with E-state index in [2.05, 4.69) is 5.32 Å². The van der Waals surface area contributed by atoms with Crippen molar-refractivity contribution in [1.82, 2.24) is 5.32 Å². The molecule has 0 aromatic rings. The van der Waals surface area contributed by atoms with Crippen LogP contribution in [0.3, 0.4) is 0 Å². The monoisotopic (exact) mass is 328 g/mol. The molecule has 0 rings (SSSR count). The van der Waals surface area contributed by atoms with Crippen LogP contribution in [0.4, 0.5) is 0 Å². The van der Waals surface area contributed by atoms with Crippen molar-refractivity contribution in [3.05, 3.63) is 0 Å². The number of carbonyl (C=O) groups excluding carboxylic acids is 4. The van der Waals surface area contributed by atoms with Crippen LogP contribution in [0, 0.1) is 17.8 Å². The van der Waals surface area contributed by atoms with Gasteiger partial charge in [-0.3, -0.25) is 19.2 Å². The van der Waals surface area contributed by atoms with E-state index in [1.165, 1.54) is 13.8 Å². The fourth-order valence-corrected chi connectivity index (χ4v) is 2.89. The van der Waals surface area contributed by atoms with Crippen molar-refractivity contribution in [1.29, 1.82) is 0 Å². The van der Waals surface area contributed by atoms with Crippen LogP contribution < -0.4 is 11.1 Å². The first-order valence-corrected chi connectivity index (χ1v) is 7.81. The van der Waals surface area contributed by atoms with Crippen molar-refractivity contribution in [2.45, 2.75) is 34.1 Å². The van der Waals surface area contributed by atoms with Crippen molar-refractivity contribution in [2.75, 3.05) is 27.3 Å². The van der Waals surface area contributed by atoms with Gasteiger partial charge < -0.3 is 15.5 Å². The zero-order valence-electron chi connectivity index (χ0n) is 15.0. The van der Waals surface area contributed by atoms with Gasteiger partial charge in [0.25, 0.3) is 0 Å². The Morgan fingerprint density at radius 2 is 1.65 bits per heavy atom. The molecule has 2 amide bonds. The standard InChI is InChI=1S/C16H29N3O4/c1-7-13(15(17)22)14(12(4)21)11(3)16(23)18-9-19(5,6)8-10(2)20/h11,13-14H,7-9H2,1-6H3,(H2-,17,18,22,23)/p+1. The van der Waals surface area contributed by atoms with Gasteiger partial charge in [-0.15, -0.1) is 0 Å². The Bertz CT molecular complexity index is 474. The van der Waals surface area contributed by atoms with Gasteiger partial charge in [0.15, 0.2) is 12.5 Å². The molecule has 0 aliphatic carbocycles. The molecule has 0 aliphatic heterocycles. The number of nitrogens with two attached hydrogens (primary N) is 1. The lowest BCUT2D eigenvalue weighted by molar-refractivity contribution is -0.884. The van der Waals surface area contributed by atoms with Crippen LogP contribution in [0.1, 0.15) is 34.1 Å². The summed E-state index contributed by atoms with van der Waals surface area (Å²) in [5.41, 5.74) is 5.36. The Morgan fingerprint density at radius 1 is 1.13 bits per heavy atom. The van der Waals surface area contributed by atoms with Crippen LogP contribution in [0.25, 0.3) is 0 Å². The first kappa shape index (κ1) is 21.2. The Balaban J connectivity index is 4.99. The molecule has 0 aromatic carbocycles. The van der Waals surface area contributed by atoms with E-state index in [0.717, 1.165) is 0 Å². The van der Waals surface area contributed by atoms with Crippen LogP contribution in [-0.4, -0.2) is 55.2 Å². The summed E-state index contributed by atoms with van der Waals surface area (Å²) >= 11 is 0. The van der Waals surface area contributed by atoms with Gasteiger partial charge in [0.2, 0.25) is 11.8 Å². The quantitative estimate of drug-likeness (QED) is 0.437. The molecule has 0 saturated heterocycles. The van der Waals surface area contributed by atoms with Crippen LogP contribution in [0.15, 0.2) is 0 Å². The van der Waals surface area contributed by atoms with Gasteiger partial charge >= 0.3 is 0 Å². The van der Waals surface area contributed by atoms with E-state index in [-0.39, 0.29) is 24.1 Å². The maximum absolute atomic E-state index is 12.4. The lowest BCUT2D eigenvalue weighted by Gasteiger charge is -2.31. The molecule has 0 bridgehead atoms. The van der Waals surface area contributed by atoms with Gasteiger partial charge in [-0.25, -0.2) is 0 Å². The van der Waals surface area contributed by atoms with Crippen LogP contribution in [0.5, 0.6) is 0 Å². The van der Waals surface area contributed by atoms with E-state index in [0.29, 0.717) is 17.4 Å². The summed E-state index contributed by atoms with van der Waals surface area (Å²) < 4.78 is 0.311. The number of hydrogen-bond acceptors (Lipinski definition) is 4. The highest BCUT2D eigenvalue weighted by atomic mass is 16.2. The molecule has 132 valence electrons. The number of amides is 2. The van der Waals surface area contributed by atoms with Crippen molar-refractivity contribution >= 4 is 23.4 Å². The van der Waals surface area contributed by atoms with Gasteiger partial charge in [0, 0.05) is 24.7 Å². The molecule has 7 heteroatoms. The number of likely N-dealkylation sites (N-methyl/N-ethyl adjacent to an activating group) is 1. The molecule has 0 radical (unpaired) electrons. The van der Waals surface area contributed by atoms with E-state index < -0.39 is 23.7 Å². The first-order valence-electron chi connectivity index (χ1n) is 7.81. The number of nitrogens with one attached hydrogen (secondary N) is 1. The van der Waals surface area contributed by atoms with Gasteiger partial charge in [-0.2, -0.15) is 0 Å². The molecular formula is C16H30N3O4+. The third kappa shape index (κ3) is 6.90. The highest BCUT2D eigenvalue weighted by molar-refractivity contribution is 5.91. The number of Topliss-reactive ketones (excluding diaryl/α,β-unsaturated/α-hetero) is 2. The highest BCUT2D eigenvalue weighted by Crippen LogP contribution is 2.25. The molecule has 0 heterocycles. The third-order valence-electron chi connectivity index (χ3n) is 3.99. The molecule has 0 saturated carbocycles. The predicted octanol–water partition coefficient (Wildman–Crippen LogP) is 0.0783. The molecule has 23 heavy (non-hydrogen) atoms. The molecule has 0 spiro atoms. The second-order valence-corrected chi connectivity index (χ2v) is 6.84. The minimum atomic E-state index is -0.735. The fourth-order valence-electron chi connectivity index (χ4n) is 2.89. The Kier molecular flexibility index (Phi) is 8.09. The van der Waals surface area contributed by atoms with Crippen molar-refractivity contribution in [2.24, 2.45) is 23.5 Å². The predicted molar refractivity (Wildman–Crippen MR) is 87.0 cm³/mol. The van der Waals surface area contributed by atoms with E-state index >= 15 is 0 Å². The fraction of sp³-hybridized carbons (Fsp3) is 0.750. The van der Waals surface area contributed by atoms with E-state index in [1.807, 2.05) is 14.1 Å². The van der Waals surface area contributed by atoms with Crippen molar-refractivity contribution in [3.63, 3.8) is 0 Å². The van der Waals surface area contributed by atoms with Crippen molar-refractivity contribution < 1.29 is 23.7 Å². The average Bonchev–Trinajstić information content (AvgIpc) is 2.38. The van der Waals surface area contributed by atoms with Gasteiger partial charge in [-0.05, 0) is 13.3 Å². The summed E-state index contributed by atoms with van der Waals surface area (Å²) in [7, 11) is 3.65. The first-order chi connectivity index (χ1) is 10.4. The molecule has 0 aromatic heterocycles. The molecule has 0 fully saturated rings. The zero-order valence-corrected chi connectivity index (χ0v) is 15.0. The van der Waals surface area contributed by atoms with E-state index in [4.69, 9.17) is 5.73 Å². The number of rotatable bonds is 10. The maximum atomic E-state index is 12.4. The zero-order chi connectivity index (χ0) is 18.4. The van der Waals surface area contributed by atoms with Crippen molar-refractivity contribution in [3.8, 4) is 0 Å². The summed E-state index contributed by atoms with van der Waals surface area (Å²) in [6, 6.07) is 0. The van der Waals surface area contributed by atoms with Gasteiger partial charge in [0.05, 0.1) is 14.1 Å². The summed E-state index contributed by atoms with van der Waals surface area (Å²) in [5, 5.41) is 2.76. The summed E-state index contributed by atoms with van der Waals surface area (Å²) in [4.78, 5) is 47.0. The smallest absolute Gasteiger partial charge is 0.227 e. The largest absolute Gasteiger partial charge is 0.369 e. The number of ketones is 2. The Morgan fingerprint density at radius 3 is 2.00 bits per heavy atom. The average molecular weight is 328 g/mol. The maximum Gasteiger partial charge on any atom is 0.227 e. The van der Waals surface area contributed by atoms with E-state index in [9.17, 15) is 19.2 Å². The summed E-state index contributed by atoms with van der Waals surface area (Å²) in [5.74, 6) is -3.15. The lowest BCUT2D eigenvalue weighted by Crippen LogP contribution is -2.52. The number of hydrogen-bond donors (Lipinski definition) is 2. The topological polar surface area (TPSA) is 106 Å². The molecular weight excluding hydrogens is 298 g/mol. The molecule has 3 atom stereocenters. The van der Waals surface area contributed by atoms with Crippen LogP contribution >= 0.6 is 0 Å². The molecule has 3 unspecified atom stereocenters. The number of primary amides is 1. The third-order valence-corrected chi connectivity index (χ3v) is 3.99. The summed E-state index contributed by atoms with van der Waals surface area (Å²) in [6.07, 6.45) is 0.406. The molecule has 0 aliphatic rings. The molecule has 3 N–H and O–H groups in total. The molecule has 7 nitrogen and oxygen atoms in total. The van der Waals surface area contributed by atoms with Crippen LogP contribution in [-0.2, 0) is 19.2 Å². The van der Waals surface area contributed by atoms with E-state index in [1.54, 1.807) is 13.8 Å². The second-order valence-electron chi connectivity index (χ2n) is 6.84. The summed E-state index contributed by atoms with van der Waals surface area (Å²) in [6.45, 7) is 6.82. The lowest BCUT2D eigenvalue weighted by atomic mass is 9.77. The second kappa shape index (κ2) is 8.76.